The minimum Gasteiger partial charge on any atom is -0.456 e. The molecule has 0 spiro atoms. The highest BCUT2D eigenvalue weighted by molar-refractivity contribution is 6.39. The first kappa shape index (κ1) is 52.2. The molecule has 63 heavy (non-hydrogen) atoms. The first-order valence-electron chi connectivity index (χ1n) is 23.2. The van der Waals surface area contributed by atoms with Crippen LogP contribution >= 0.6 is 0 Å². The number of nitrogens with zero attached hydrogens (tertiary/aromatic N) is 1. The van der Waals surface area contributed by atoms with E-state index in [4.69, 9.17) is 28.4 Å². The number of carbonyl (C=O) groups excluding carboxylic acids is 5. The molecule has 0 aromatic carbocycles. The lowest BCUT2D eigenvalue weighted by molar-refractivity contribution is -0.302. The Hall–Kier alpha value is -3.47. The van der Waals surface area contributed by atoms with Gasteiger partial charge in [-0.25, -0.2) is 9.59 Å². The van der Waals surface area contributed by atoms with Crippen LogP contribution in [0.3, 0.4) is 0 Å². The number of allylic oxidation sites excluding steroid dienone is 3. The third-order valence-electron chi connectivity index (χ3n) is 13.6. The van der Waals surface area contributed by atoms with Crippen LogP contribution in [0.5, 0.6) is 0 Å². The molecule has 2 amide bonds. The van der Waals surface area contributed by atoms with E-state index in [0.717, 1.165) is 5.57 Å². The van der Waals surface area contributed by atoms with E-state index in [1.54, 1.807) is 26.8 Å². The first-order valence-corrected chi connectivity index (χ1v) is 23.2. The smallest absolute Gasteiger partial charge is 0.407 e. The lowest BCUT2D eigenvalue weighted by Crippen LogP contribution is -2.64. The van der Waals surface area contributed by atoms with Crippen LogP contribution < -0.4 is 5.32 Å². The summed E-state index contributed by atoms with van der Waals surface area (Å²) >= 11 is 0. The van der Waals surface area contributed by atoms with Gasteiger partial charge in [-0.2, -0.15) is 0 Å². The van der Waals surface area contributed by atoms with Gasteiger partial charge in [0.2, 0.25) is 5.79 Å². The van der Waals surface area contributed by atoms with Crippen LogP contribution in [-0.4, -0.2) is 133 Å². The summed E-state index contributed by atoms with van der Waals surface area (Å²) in [5.74, 6) is -7.77. The third kappa shape index (κ3) is 13.3. The molecule has 14 unspecified atom stereocenters. The fourth-order valence-corrected chi connectivity index (χ4v) is 10.0. The number of ketones is 2. The van der Waals surface area contributed by atoms with E-state index in [1.807, 2.05) is 39.8 Å². The summed E-state index contributed by atoms with van der Waals surface area (Å²) in [6.45, 7) is 17.2. The number of aliphatic hydroxyl groups is 2. The van der Waals surface area contributed by atoms with Crippen LogP contribution in [0.2, 0.25) is 0 Å². The Labute approximate surface area is 374 Å². The molecule has 3 heterocycles. The zero-order valence-corrected chi connectivity index (χ0v) is 39.2. The number of Topliss-reactive ketones (excluding diaryl/α,β-unsaturated/α-hetero) is 2. The number of rotatable bonds is 10. The van der Waals surface area contributed by atoms with Gasteiger partial charge in [0.1, 0.15) is 24.0 Å². The molecule has 2 bridgehead atoms. The monoisotopic (exact) mass is 889 g/mol. The molecule has 14 atom stereocenters. The minimum atomic E-state index is -2.52. The Balaban J connectivity index is 1.74. The maximum Gasteiger partial charge on any atom is 0.407 e. The average Bonchev–Trinajstić information content (AvgIpc) is 3.25. The zero-order valence-electron chi connectivity index (χ0n) is 39.2. The lowest BCUT2D eigenvalue weighted by Gasteiger charge is -2.47. The molecule has 0 radical (unpaired) electrons. The number of amides is 2. The Bertz CT molecular complexity index is 1650. The first-order chi connectivity index (χ1) is 29.9. The van der Waals surface area contributed by atoms with Crippen LogP contribution in [0.25, 0.3) is 0 Å². The number of cyclic esters (lactones) is 1. The summed E-state index contributed by atoms with van der Waals surface area (Å²) in [4.78, 5) is 70.6. The minimum absolute atomic E-state index is 0.0184. The van der Waals surface area contributed by atoms with Crippen LogP contribution in [0.1, 0.15) is 119 Å². The highest BCUT2D eigenvalue weighted by Crippen LogP contribution is 2.39. The van der Waals surface area contributed by atoms with E-state index in [0.29, 0.717) is 56.9 Å². The molecule has 4 rings (SSSR count). The maximum atomic E-state index is 14.5. The second kappa shape index (κ2) is 24.2. The number of piperidine rings is 1. The number of aliphatic hydroxyl groups excluding tert-OH is 1. The fourth-order valence-electron chi connectivity index (χ4n) is 10.0. The SMILES string of the molecule is C=CCOC1CC(C=C(C)C2OC(=O)C3CCCCN3C(=O)C(=O)C3(O)OC(C(OC)CC(C)CC(C)=CC(CC)C(=O)CC(O)C2C)C(OC)CC3C)CCC1NC(=O)OCC. The lowest BCUT2D eigenvalue weighted by atomic mass is 9.81. The highest BCUT2D eigenvalue weighted by atomic mass is 16.7. The fraction of sp³-hybridized carbons (Fsp3) is 0.771. The van der Waals surface area contributed by atoms with Gasteiger partial charge < -0.3 is 48.9 Å². The van der Waals surface area contributed by atoms with Crippen molar-refractivity contribution >= 4 is 29.5 Å². The molecule has 356 valence electrons. The van der Waals surface area contributed by atoms with Crippen LogP contribution in [-0.2, 0) is 47.6 Å². The second-order valence-electron chi connectivity index (χ2n) is 18.4. The molecule has 1 saturated carbocycles. The Morgan fingerprint density at radius 1 is 1.00 bits per heavy atom. The number of fused-ring (bicyclic) bond motifs is 3. The van der Waals surface area contributed by atoms with Gasteiger partial charge in [0.05, 0.1) is 43.7 Å². The maximum absolute atomic E-state index is 14.5. The molecule has 15 heteroatoms. The summed E-state index contributed by atoms with van der Waals surface area (Å²) in [5, 5.41) is 26.8. The molecule has 2 saturated heterocycles. The molecule has 0 aromatic rings. The zero-order chi connectivity index (χ0) is 46.6. The standard InChI is InChI=1S/C48H76N2O13/c1-11-20-61-39-26-33(17-18-35(39)49-47(56)60-13-3)24-30(6)42-32(8)37(51)27-38(52)34(12-2)22-28(4)21-29(5)23-40(58-9)43-41(59-10)25-31(7)48(57,63-43)44(53)45(54)50-19-15-14-16-36(50)46(55)62-42/h11,22,24,29,31-37,39-43,51,57H,1,12-21,23,25-27H2,2-10H3,(H,49,56). The van der Waals surface area contributed by atoms with Crippen molar-refractivity contribution in [2.75, 3.05) is 34.0 Å². The van der Waals surface area contributed by atoms with Crippen molar-refractivity contribution in [1.29, 1.82) is 0 Å². The number of hydrogen-bond acceptors (Lipinski definition) is 13. The van der Waals surface area contributed by atoms with Gasteiger partial charge in [0.15, 0.2) is 0 Å². The van der Waals surface area contributed by atoms with Crippen molar-refractivity contribution in [3.8, 4) is 0 Å². The number of hydrogen-bond donors (Lipinski definition) is 3. The number of alkyl carbamates (subject to hydrolysis) is 1. The molecular weight excluding hydrogens is 813 g/mol. The van der Waals surface area contributed by atoms with Gasteiger partial charge in [0.25, 0.3) is 11.7 Å². The van der Waals surface area contributed by atoms with Crippen molar-refractivity contribution in [1.82, 2.24) is 10.2 Å². The summed E-state index contributed by atoms with van der Waals surface area (Å²) in [6.07, 6.45) is 5.10. The Kier molecular flexibility index (Phi) is 20.0. The predicted molar refractivity (Wildman–Crippen MR) is 235 cm³/mol. The number of carbonyl (C=O) groups is 5. The van der Waals surface area contributed by atoms with Gasteiger partial charge in [0, 0.05) is 44.9 Å². The van der Waals surface area contributed by atoms with Crippen LogP contribution in [0.15, 0.2) is 36.0 Å². The normalized spacial score (nSPS) is 37.2. The van der Waals surface area contributed by atoms with Crippen LogP contribution in [0.4, 0.5) is 4.79 Å². The molecule has 1 aliphatic carbocycles. The largest absolute Gasteiger partial charge is 0.456 e. The van der Waals surface area contributed by atoms with E-state index in [9.17, 15) is 34.2 Å². The van der Waals surface area contributed by atoms with Crippen LogP contribution in [0, 0.1) is 29.6 Å². The van der Waals surface area contributed by atoms with Gasteiger partial charge in [-0.3, -0.25) is 14.4 Å². The van der Waals surface area contributed by atoms with E-state index in [1.165, 1.54) is 19.1 Å². The Morgan fingerprint density at radius 2 is 1.70 bits per heavy atom. The molecule has 15 nitrogen and oxygen atoms in total. The highest BCUT2D eigenvalue weighted by Gasteiger charge is 2.56. The number of nitrogens with one attached hydrogen (secondary N) is 1. The number of ether oxygens (including phenoxy) is 6. The van der Waals surface area contributed by atoms with E-state index < -0.39 is 83.9 Å². The van der Waals surface area contributed by atoms with E-state index in [-0.39, 0.29) is 68.8 Å². The van der Waals surface area contributed by atoms with E-state index >= 15 is 0 Å². The molecule has 0 aromatic heterocycles. The second-order valence-corrected chi connectivity index (χ2v) is 18.4. The molecule has 3 N–H and O–H groups in total. The summed E-state index contributed by atoms with van der Waals surface area (Å²) in [6, 6.07) is -1.46. The average molecular weight is 889 g/mol. The number of esters is 1. The van der Waals surface area contributed by atoms with E-state index in [2.05, 4.69) is 11.9 Å². The van der Waals surface area contributed by atoms with Crippen molar-refractivity contribution in [3.05, 3.63) is 36.0 Å². The summed E-state index contributed by atoms with van der Waals surface area (Å²) in [7, 11) is 3.06. The molecule has 3 aliphatic heterocycles. The van der Waals surface area contributed by atoms with Gasteiger partial charge in [-0.05, 0) is 102 Å². The van der Waals surface area contributed by atoms with Crippen molar-refractivity contribution in [3.63, 3.8) is 0 Å². The number of methoxy groups -OCH3 is 2. The quantitative estimate of drug-likeness (QED) is 0.136. The predicted octanol–water partition coefficient (Wildman–Crippen LogP) is 5.78. The molecule has 4 aliphatic rings. The van der Waals surface area contributed by atoms with Crippen molar-refractivity contribution in [2.45, 2.75) is 174 Å². The molecular formula is C48H76N2O13. The summed E-state index contributed by atoms with van der Waals surface area (Å²) < 4.78 is 35.6. The van der Waals surface area contributed by atoms with Gasteiger partial charge >= 0.3 is 12.1 Å². The van der Waals surface area contributed by atoms with Crippen molar-refractivity contribution < 1.29 is 62.6 Å². The summed E-state index contributed by atoms with van der Waals surface area (Å²) in [5.41, 5.74) is 1.62. The molecule has 3 fully saturated rings. The topological polar surface area (TPSA) is 196 Å². The third-order valence-corrected chi connectivity index (χ3v) is 13.6. The van der Waals surface area contributed by atoms with Gasteiger partial charge in [-0.15, -0.1) is 6.58 Å². The Morgan fingerprint density at radius 3 is 2.35 bits per heavy atom. The van der Waals surface area contributed by atoms with Gasteiger partial charge in [-0.1, -0.05) is 51.5 Å². The van der Waals surface area contributed by atoms with Crippen molar-refractivity contribution in [2.24, 2.45) is 29.6 Å².